The summed E-state index contributed by atoms with van der Waals surface area (Å²) in [4.78, 5) is 1.81. The SMILES string of the molecule is NC1CC(Cc2ccc(F)cc2)CN(c2cc(F)ccc2F)C1. The van der Waals surface area contributed by atoms with Crippen LogP contribution in [0.4, 0.5) is 18.9 Å². The summed E-state index contributed by atoms with van der Waals surface area (Å²) < 4.78 is 40.4. The maximum atomic E-state index is 14.0. The second-order valence-corrected chi connectivity index (χ2v) is 6.19. The molecule has 2 nitrogen and oxygen atoms in total. The van der Waals surface area contributed by atoms with Crippen LogP contribution in [0.2, 0.25) is 0 Å². The Kier molecular flexibility index (Phi) is 4.57. The molecule has 0 saturated carbocycles. The number of rotatable bonds is 3. The normalized spacial score (nSPS) is 21.5. The molecule has 1 aliphatic heterocycles. The predicted molar refractivity (Wildman–Crippen MR) is 84.8 cm³/mol. The topological polar surface area (TPSA) is 29.3 Å². The highest BCUT2D eigenvalue weighted by Gasteiger charge is 2.27. The lowest BCUT2D eigenvalue weighted by Gasteiger charge is -2.38. The minimum atomic E-state index is -0.462. The first kappa shape index (κ1) is 15.9. The zero-order valence-electron chi connectivity index (χ0n) is 12.7. The van der Waals surface area contributed by atoms with Crippen molar-refractivity contribution >= 4 is 5.69 Å². The monoisotopic (exact) mass is 320 g/mol. The lowest BCUT2D eigenvalue weighted by Crippen LogP contribution is -2.48. The molecule has 2 unspecified atom stereocenters. The lowest BCUT2D eigenvalue weighted by molar-refractivity contribution is 0.371. The zero-order valence-corrected chi connectivity index (χ0v) is 12.7. The Hall–Kier alpha value is -2.01. The highest BCUT2D eigenvalue weighted by atomic mass is 19.1. The van der Waals surface area contributed by atoms with Crippen molar-refractivity contribution in [2.45, 2.75) is 18.9 Å². The minimum absolute atomic E-state index is 0.100. The number of anilines is 1. The standard InChI is InChI=1S/C18H19F3N2/c19-14-3-1-12(2-4-14)7-13-8-16(22)11-23(10-13)18-9-15(20)5-6-17(18)21/h1-6,9,13,16H,7-8,10-11,22H2. The van der Waals surface area contributed by atoms with Crippen LogP contribution >= 0.6 is 0 Å². The Labute approximate surface area is 133 Å². The molecule has 0 radical (unpaired) electrons. The summed E-state index contributed by atoms with van der Waals surface area (Å²) in [6.45, 7) is 1.10. The highest BCUT2D eigenvalue weighted by molar-refractivity contribution is 5.49. The summed E-state index contributed by atoms with van der Waals surface area (Å²) in [6, 6.07) is 9.73. The number of hydrogen-bond donors (Lipinski definition) is 1. The zero-order chi connectivity index (χ0) is 16.4. The van der Waals surface area contributed by atoms with E-state index in [-0.39, 0.29) is 23.5 Å². The molecule has 3 rings (SSSR count). The summed E-state index contributed by atoms with van der Waals surface area (Å²) in [6.07, 6.45) is 1.55. The first-order valence-corrected chi connectivity index (χ1v) is 7.71. The molecule has 0 amide bonds. The second-order valence-electron chi connectivity index (χ2n) is 6.19. The van der Waals surface area contributed by atoms with Gasteiger partial charge in [-0.1, -0.05) is 12.1 Å². The van der Waals surface area contributed by atoms with Crippen molar-refractivity contribution in [1.29, 1.82) is 0 Å². The van der Waals surface area contributed by atoms with Crippen molar-refractivity contribution in [3.8, 4) is 0 Å². The predicted octanol–water partition coefficient (Wildman–Crippen LogP) is 3.50. The van der Waals surface area contributed by atoms with Crippen molar-refractivity contribution in [3.63, 3.8) is 0 Å². The molecule has 0 bridgehead atoms. The van der Waals surface area contributed by atoms with E-state index in [4.69, 9.17) is 5.73 Å². The summed E-state index contributed by atoms with van der Waals surface area (Å²) in [5, 5.41) is 0. The van der Waals surface area contributed by atoms with Crippen molar-refractivity contribution in [2.24, 2.45) is 11.7 Å². The summed E-state index contributed by atoms with van der Waals surface area (Å²) >= 11 is 0. The Morgan fingerprint density at radius 3 is 2.39 bits per heavy atom. The average molecular weight is 320 g/mol. The van der Waals surface area contributed by atoms with Crippen LogP contribution in [0.1, 0.15) is 12.0 Å². The molecule has 2 aromatic carbocycles. The Bertz CT molecular complexity index is 672. The maximum Gasteiger partial charge on any atom is 0.146 e. The van der Waals surface area contributed by atoms with Crippen LogP contribution in [-0.2, 0) is 6.42 Å². The van der Waals surface area contributed by atoms with Gasteiger partial charge >= 0.3 is 0 Å². The molecule has 1 fully saturated rings. The van der Waals surface area contributed by atoms with Crippen molar-refractivity contribution in [1.82, 2.24) is 0 Å². The second kappa shape index (κ2) is 6.62. The van der Waals surface area contributed by atoms with Gasteiger partial charge in [0.25, 0.3) is 0 Å². The Morgan fingerprint density at radius 1 is 0.957 bits per heavy atom. The fourth-order valence-electron chi connectivity index (χ4n) is 3.27. The van der Waals surface area contributed by atoms with Crippen LogP contribution in [0.25, 0.3) is 0 Å². The average Bonchev–Trinajstić information content (AvgIpc) is 2.51. The van der Waals surface area contributed by atoms with Gasteiger partial charge < -0.3 is 10.6 Å². The molecule has 0 aliphatic carbocycles. The molecule has 1 heterocycles. The van der Waals surface area contributed by atoms with Gasteiger partial charge in [-0.3, -0.25) is 0 Å². The Morgan fingerprint density at radius 2 is 1.65 bits per heavy atom. The molecule has 1 aliphatic rings. The number of nitrogens with two attached hydrogens (primary N) is 1. The third-order valence-corrected chi connectivity index (χ3v) is 4.26. The van der Waals surface area contributed by atoms with Gasteiger partial charge in [-0.15, -0.1) is 0 Å². The van der Waals surface area contributed by atoms with E-state index in [0.717, 1.165) is 30.5 Å². The lowest BCUT2D eigenvalue weighted by atomic mass is 9.88. The molecule has 2 atom stereocenters. The number of nitrogens with zero attached hydrogens (tertiary/aromatic N) is 1. The van der Waals surface area contributed by atoms with Crippen molar-refractivity contribution in [2.75, 3.05) is 18.0 Å². The highest BCUT2D eigenvalue weighted by Crippen LogP contribution is 2.27. The quantitative estimate of drug-likeness (QED) is 0.938. The van der Waals surface area contributed by atoms with Crippen LogP contribution in [0.15, 0.2) is 42.5 Å². The Balaban J connectivity index is 1.76. The fourth-order valence-corrected chi connectivity index (χ4v) is 3.27. The summed E-state index contributed by atoms with van der Waals surface area (Å²) in [5.41, 5.74) is 7.37. The molecule has 2 aromatic rings. The van der Waals surface area contributed by atoms with Gasteiger partial charge in [0, 0.05) is 25.2 Å². The van der Waals surface area contributed by atoms with Gasteiger partial charge in [0.05, 0.1) is 5.69 Å². The molecule has 2 N–H and O–H groups in total. The van der Waals surface area contributed by atoms with Crippen LogP contribution < -0.4 is 10.6 Å². The third kappa shape index (κ3) is 3.85. The first-order chi connectivity index (χ1) is 11.0. The van der Waals surface area contributed by atoms with Crippen molar-refractivity contribution in [3.05, 3.63) is 65.5 Å². The van der Waals surface area contributed by atoms with Crippen LogP contribution in [-0.4, -0.2) is 19.1 Å². The summed E-state index contributed by atoms with van der Waals surface area (Å²) in [5.74, 6) is -0.957. The maximum absolute atomic E-state index is 14.0. The molecule has 122 valence electrons. The van der Waals surface area contributed by atoms with E-state index >= 15 is 0 Å². The van der Waals surface area contributed by atoms with E-state index in [1.54, 1.807) is 17.0 Å². The van der Waals surface area contributed by atoms with Gasteiger partial charge in [0.2, 0.25) is 0 Å². The third-order valence-electron chi connectivity index (χ3n) is 4.26. The van der Waals surface area contributed by atoms with E-state index < -0.39 is 11.6 Å². The number of halogens is 3. The van der Waals surface area contributed by atoms with E-state index in [1.807, 2.05) is 0 Å². The first-order valence-electron chi connectivity index (χ1n) is 7.71. The molecule has 1 saturated heterocycles. The number of benzene rings is 2. The molecule has 0 aromatic heterocycles. The molecule has 23 heavy (non-hydrogen) atoms. The van der Waals surface area contributed by atoms with Crippen molar-refractivity contribution < 1.29 is 13.2 Å². The van der Waals surface area contributed by atoms with Crippen LogP contribution in [0.5, 0.6) is 0 Å². The smallest absolute Gasteiger partial charge is 0.146 e. The minimum Gasteiger partial charge on any atom is -0.367 e. The number of piperidine rings is 1. The molecule has 5 heteroatoms. The fraction of sp³-hybridized carbons (Fsp3) is 0.333. The molecular formula is C18H19F3N2. The van der Waals surface area contributed by atoms with Crippen LogP contribution in [0.3, 0.4) is 0 Å². The van der Waals surface area contributed by atoms with Crippen LogP contribution in [0, 0.1) is 23.4 Å². The summed E-state index contributed by atoms with van der Waals surface area (Å²) in [7, 11) is 0. The molecular weight excluding hydrogens is 301 g/mol. The van der Waals surface area contributed by atoms with Gasteiger partial charge in [0.15, 0.2) is 0 Å². The molecule has 0 spiro atoms. The van der Waals surface area contributed by atoms with E-state index in [9.17, 15) is 13.2 Å². The van der Waals surface area contributed by atoms with Gasteiger partial charge in [-0.05, 0) is 48.6 Å². The van der Waals surface area contributed by atoms with E-state index in [2.05, 4.69) is 0 Å². The van der Waals surface area contributed by atoms with Gasteiger partial charge in [-0.25, -0.2) is 13.2 Å². The largest absolute Gasteiger partial charge is 0.367 e. The van der Waals surface area contributed by atoms with Gasteiger partial charge in [0.1, 0.15) is 17.5 Å². The van der Waals surface area contributed by atoms with Gasteiger partial charge in [-0.2, -0.15) is 0 Å². The number of hydrogen-bond acceptors (Lipinski definition) is 2. The van der Waals surface area contributed by atoms with E-state index in [1.165, 1.54) is 18.2 Å². The van der Waals surface area contributed by atoms with E-state index in [0.29, 0.717) is 13.1 Å².